The van der Waals surface area contributed by atoms with Crippen LogP contribution in [0.1, 0.15) is 12.5 Å². The zero-order valence-electron chi connectivity index (χ0n) is 8.64. The van der Waals surface area contributed by atoms with Crippen molar-refractivity contribution in [2.75, 3.05) is 6.61 Å². The van der Waals surface area contributed by atoms with Crippen LogP contribution in [0.25, 0.3) is 0 Å². The van der Waals surface area contributed by atoms with Gasteiger partial charge < -0.3 is 9.94 Å². The first-order valence-electron chi connectivity index (χ1n) is 4.88. The van der Waals surface area contributed by atoms with E-state index in [2.05, 4.69) is 5.48 Å². The van der Waals surface area contributed by atoms with Crippen molar-refractivity contribution in [1.29, 1.82) is 0 Å². The van der Waals surface area contributed by atoms with Crippen LogP contribution < -0.4 is 5.48 Å². The topological polar surface area (TPSA) is 58.6 Å². The molecule has 0 heterocycles. The Bertz CT molecular complexity index is 300. The van der Waals surface area contributed by atoms with E-state index < -0.39 is 12.0 Å². The molecule has 0 radical (unpaired) electrons. The Morgan fingerprint density at radius 2 is 2.13 bits per heavy atom. The second-order valence-corrected chi connectivity index (χ2v) is 3.13. The van der Waals surface area contributed by atoms with Gasteiger partial charge in [0.25, 0.3) is 0 Å². The third-order valence-electron chi connectivity index (χ3n) is 1.95. The first-order valence-corrected chi connectivity index (χ1v) is 4.88. The summed E-state index contributed by atoms with van der Waals surface area (Å²) in [6.45, 7) is 2.24. The molecule has 0 saturated heterocycles. The van der Waals surface area contributed by atoms with E-state index in [1.54, 1.807) is 6.92 Å². The van der Waals surface area contributed by atoms with Crippen LogP contribution in [0.4, 0.5) is 0 Å². The number of carbonyl (C=O) groups is 1. The van der Waals surface area contributed by atoms with Gasteiger partial charge in [-0.2, -0.15) is 5.48 Å². The molecule has 15 heavy (non-hydrogen) atoms. The fraction of sp³-hybridized carbons (Fsp3) is 0.364. The summed E-state index contributed by atoms with van der Waals surface area (Å²) in [5.41, 5.74) is 3.49. The minimum Gasteiger partial charge on any atom is -0.480 e. The van der Waals surface area contributed by atoms with Crippen LogP contribution in [0.5, 0.6) is 0 Å². The summed E-state index contributed by atoms with van der Waals surface area (Å²) in [5.74, 6) is -0.910. The normalized spacial score (nSPS) is 12.3. The van der Waals surface area contributed by atoms with Crippen LogP contribution in [0, 0.1) is 0 Å². The highest BCUT2D eigenvalue weighted by Crippen LogP contribution is 2.03. The number of carboxylic acids is 1. The molecule has 0 aliphatic rings. The molecule has 1 rings (SSSR count). The third-order valence-corrected chi connectivity index (χ3v) is 1.95. The Morgan fingerprint density at radius 3 is 2.67 bits per heavy atom. The Labute approximate surface area is 88.8 Å². The molecule has 0 aliphatic heterocycles. The smallest absolute Gasteiger partial charge is 0.323 e. The minimum atomic E-state index is -0.910. The quantitative estimate of drug-likeness (QED) is 0.692. The molecule has 0 saturated carbocycles. The number of nitrogens with one attached hydrogen (secondary N) is 1. The average Bonchev–Trinajstić information content (AvgIpc) is 2.25. The first-order chi connectivity index (χ1) is 7.24. The van der Waals surface area contributed by atoms with Gasteiger partial charge in [-0.25, -0.2) is 0 Å². The lowest BCUT2D eigenvalue weighted by molar-refractivity contribution is -0.143. The van der Waals surface area contributed by atoms with Crippen LogP contribution in [-0.2, 0) is 16.1 Å². The molecule has 0 aromatic heterocycles. The molecule has 2 N–H and O–H groups in total. The molecule has 0 amide bonds. The molecule has 82 valence electrons. The van der Waals surface area contributed by atoms with Crippen molar-refractivity contribution in [3.8, 4) is 0 Å². The minimum absolute atomic E-state index is 0.413. The van der Waals surface area contributed by atoms with Crippen molar-refractivity contribution < 1.29 is 14.7 Å². The third kappa shape index (κ3) is 4.10. The van der Waals surface area contributed by atoms with E-state index >= 15 is 0 Å². The Kier molecular flexibility index (Phi) is 4.80. The zero-order valence-corrected chi connectivity index (χ0v) is 8.64. The van der Waals surface area contributed by atoms with Crippen LogP contribution in [-0.4, -0.2) is 23.7 Å². The van der Waals surface area contributed by atoms with Gasteiger partial charge in [-0.1, -0.05) is 30.3 Å². The predicted molar refractivity (Wildman–Crippen MR) is 56.3 cm³/mol. The second-order valence-electron chi connectivity index (χ2n) is 3.13. The van der Waals surface area contributed by atoms with E-state index in [1.807, 2.05) is 30.3 Å². The van der Waals surface area contributed by atoms with Gasteiger partial charge >= 0.3 is 5.97 Å². The summed E-state index contributed by atoms with van der Waals surface area (Å²) in [4.78, 5) is 15.8. The van der Waals surface area contributed by atoms with Gasteiger partial charge in [0.15, 0.2) is 0 Å². The molecule has 0 spiro atoms. The lowest BCUT2D eigenvalue weighted by Crippen LogP contribution is -2.38. The highest BCUT2D eigenvalue weighted by atomic mass is 16.6. The molecular weight excluding hydrogens is 194 g/mol. The Hall–Kier alpha value is -1.39. The number of carboxylic acid groups (broad SMARTS) is 1. The number of hydrogen-bond acceptors (Lipinski definition) is 3. The molecule has 0 aliphatic carbocycles. The molecule has 1 atom stereocenters. The van der Waals surface area contributed by atoms with Crippen LogP contribution in [0.2, 0.25) is 0 Å². The van der Waals surface area contributed by atoms with E-state index in [0.717, 1.165) is 5.56 Å². The number of benzene rings is 1. The van der Waals surface area contributed by atoms with Crippen LogP contribution >= 0.6 is 0 Å². The van der Waals surface area contributed by atoms with Crippen molar-refractivity contribution >= 4 is 5.97 Å². The lowest BCUT2D eigenvalue weighted by Gasteiger charge is -2.13. The second kappa shape index (κ2) is 6.16. The molecule has 1 unspecified atom stereocenters. The van der Waals surface area contributed by atoms with E-state index in [0.29, 0.717) is 13.0 Å². The highest BCUT2D eigenvalue weighted by Gasteiger charge is 2.17. The van der Waals surface area contributed by atoms with E-state index in [9.17, 15) is 4.79 Å². The molecule has 1 aromatic carbocycles. The Balaban J connectivity index is 2.55. The van der Waals surface area contributed by atoms with Gasteiger partial charge in [0.05, 0.1) is 6.61 Å². The summed E-state index contributed by atoms with van der Waals surface area (Å²) in [7, 11) is 0. The molecule has 0 bridgehead atoms. The maximum atomic E-state index is 10.9. The number of rotatable bonds is 6. The molecular formula is C11H15NO3. The van der Waals surface area contributed by atoms with Gasteiger partial charge in [-0.05, 0) is 12.5 Å². The maximum Gasteiger partial charge on any atom is 0.323 e. The van der Waals surface area contributed by atoms with E-state index in [-0.39, 0.29) is 0 Å². The van der Waals surface area contributed by atoms with Gasteiger partial charge in [0, 0.05) is 6.42 Å². The first kappa shape index (κ1) is 11.7. The monoisotopic (exact) mass is 209 g/mol. The van der Waals surface area contributed by atoms with Gasteiger partial charge in [0.2, 0.25) is 0 Å². The van der Waals surface area contributed by atoms with Crippen molar-refractivity contribution in [2.24, 2.45) is 0 Å². The number of hydroxylamine groups is 1. The summed E-state index contributed by atoms with van der Waals surface area (Å²) in [6.07, 6.45) is 0.413. The fourth-order valence-corrected chi connectivity index (χ4v) is 1.21. The molecule has 1 aromatic rings. The SMILES string of the molecule is CCONC(Cc1ccccc1)C(=O)O. The van der Waals surface area contributed by atoms with Crippen LogP contribution in [0.15, 0.2) is 30.3 Å². The van der Waals surface area contributed by atoms with Crippen molar-refractivity contribution in [3.63, 3.8) is 0 Å². The maximum absolute atomic E-state index is 10.9. The zero-order chi connectivity index (χ0) is 11.1. The van der Waals surface area contributed by atoms with Crippen molar-refractivity contribution in [3.05, 3.63) is 35.9 Å². The Morgan fingerprint density at radius 1 is 1.47 bits per heavy atom. The predicted octanol–water partition coefficient (Wildman–Crippen LogP) is 1.22. The average molecular weight is 209 g/mol. The number of hydrogen-bond donors (Lipinski definition) is 2. The van der Waals surface area contributed by atoms with E-state index in [1.165, 1.54) is 0 Å². The van der Waals surface area contributed by atoms with Gasteiger partial charge in [-0.3, -0.25) is 4.79 Å². The van der Waals surface area contributed by atoms with Gasteiger partial charge in [-0.15, -0.1) is 0 Å². The largest absolute Gasteiger partial charge is 0.480 e. The van der Waals surface area contributed by atoms with Crippen molar-refractivity contribution in [2.45, 2.75) is 19.4 Å². The summed E-state index contributed by atoms with van der Waals surface area (Å²) in [6, 6.07) is 8.75. The van der Waals surface area contributed by atoms with Crippen LogP contribution in [0.3, 0.4) is 0 Å². The standard InChI is InChI=1S/C11H15NO3/c1-2-15-12-10(11(13)14)8-9-6-4-3-5-7-9/h3-7,10,12H,2,8H2,1H3,(H,13,14). The summed E-state index contributed by atoms with van der Waals surface area (Å²) in [5, 5.41) is 8.92. The molecule has 4 nitrogen and oxygen atoms in total. The fourth-order valence-electron chi connectivity index (χ4n) is 1.21. The molecule has 0 fully saturated rings. The van der Waals surface area contributed by atoms with Gasteiger partial charge in [0.1, 0.15) is 6.04 Å². The number of aliphatic carboxylic acids is 1. The molecule has 4 heteroatoms. The van der Waals surface area contributed by atoms with Crippen molar-refractivity contribution in [1.82, 2.24) is 5.48 Å². The highest BCUT2D eigenvalue weighted by molar-refractivity contribution is 5.73. The van der Waals surface area contributed by atoms with E-state index in [4.69, 9.17) is 9.94 Å². The lowest BCUT2D eigenvalue weighted by atomic mass is 10.1. The summed E-state index contributed by atoms with van der Waals surface area (Å²) < 4.78 is 0. The summed E-state index contributed by atoms with van der Waals surface area (Å²) >= 11 is 0.